The van der Waals surface area contributed by atoms with Crippen molar-refractivity contribution in [3.05, 3.63) is 0 Å². The number of rotatable bonds is 5. The quantitative estimate of drug-likeness (QED) is 0.759. The van der Waals surface area contributed by atoms with E-state index in [9.17, 15) is 19.5 Å². The lowest BCUT2D eigenvalue weighted by Gasteiger charge is -2.36. The lowest BCUT2D eigenvalue weighted by molar-refractivity contribution is -0.158. The predicted octanol–water partition coefficient (Wildman–Crippen LogP) is 0.766. The molecule has 2 aliphatic heterocycles. The Bertz CT molecular complexity index is 497. The van der Waals surface area contributed by atoms with Crippen LogP contribution in [0.4, 0.5) is 4.79 Å². The molecule has 2 saturated heterocycles. The van der Waals surface area contributed by atoms with Gasteiger partial charge in [-0.1, -0.05) is 13.8 Å². The van der Waals surface area contributed by atoms with Gasteiger partial charge in [0, 0.05) is 32.6 Å². The SMILES string of the molecule is CC(C)CNC(=O)N1CCCC(CC(=O)N2CCOCC2C(=O)O)C1. The molecule has 2 rings (SSSR count). The van der Waals surface area contributed by atoms with Crippen molar-refractivity contribution in [2.24, 2.45) is 11.8 Å². The number of carbonyl (C=O) groups is 3. The molecule has 0 aromatic rings. The van der Waals surface area contributed by atoms with Crippen LogP contribution in [0.5, 0.6) is 0 Å². The van der Waals surface area contributed by atoms with Crippen LogP contribution in [0.25, 0.3) is 0 Å². The summed E-state index contributed by atoms with van der Waals surface area (Å²) in [6.45, 7) is 6.66. The molecule has 2 N–H and O–H groups in total. The number of carboxylic acids is 1. The molecule has 0 radical (unpaired) electrons. The Morgan fingerprint density at radius 2 is 2.04 bits per heavy atom. The van der Waals surface area contributed by atoms with E-state index < -0.39 is 12.0 Å². The summed E-state index contributed by atoms with van der Waals surface area (Å²) < 4.78 is 5.17. The number of nitrogens with one attached hydrogen (secondary N) is 1. The molecule has 25 heavy (non-hydrogen) atoms. The standard InChI is InChI=1S/C17H29N3O5/c1-12(2)9-18-17(24)19-5-3-4-13(10-19)8-15(21)20-6-7-25-11-14(20)16(22)23/h12-14H,3-11H2,1-2H3,(H,18,24)(H,22,23). The molecule has 142 valence electrons. The summed E-state index contributed by atoms with van der Waals surface area (Å²) in [7, 11) is 0. The first-order chi connectivity index (χ1) is 11.9. The van der Waals surface area contributed by atoms with Crippen molar-refractivity contribution in [3.63, 3.8) is 0 Å². The number of piperidine rings is 1. The maximum Gasteiger partial charge on any atom is 0.328 e. The van der Waals surface area contributed by atoms with Crippen LogP contribution in [-0.2, 0) is 14.3 Å². The molecule has 2 heterocycles. The third kappa shape index (κ3) is 5.59. The number of carboxylic acid groups (broad SMARTS) is 1. The van der Waals surface area contributed by atoms with E-state index in [1.165, 1.54) is 4.90 Å². The Labute approximate surface area is 148 Å². The van der Waals surface area contributed by atoms with Gasteiger partial charge in [-0.15, -0.1) is 0 Å². The molecule has 8 heteroatoms. The normalized spacial score (nSPS) is 24.3. The first kappa shape index (κ1) is 19.5. The largest absolute Gasteiger partial charge is 0.480 e. The molecule has 0 aromatic carbocycles. The highest BCUT2D eigenvalue weighted by Crippen LogP contribution is 2.22. The van der Waals surface area contributed by atoms with Crippen molar-refractivity contribution in [1.29, 1.82) is 0 Å². The van der Waals surface area contributed by atoms with Gasteiger partial charge in [-0.05, 0) is 24.7 Å². The fourth-order valence-electron chi connectivity index (χ4n) is 3.29. The molecule has 2 aliphatic rings. The van der Waals surface area contributed by atoms with E-state index in [0.717, 1.165) is 12.8 Å². The number of likely N-dealkylation sites (tertiary alicyclic amines) is 1. The van der Waals surface area contributed by atoms with Crippen LogP contribution in [0.1, 0.15) is 33.1 Å². The number of morpholine rings is 1. The molecule has 0 aliphatic carbocycles. The minimum atomic E-state index is -1.04. The Morgan fingerprint density at radius 3 is 2.72 bits per heavy atom. The summed E-state index contributed by atoms with van der Waals surface area (Å²) in [5.41, 5.74) is 0. The Morgan fingerprint density at radius 1 is 1.28 bits per heavy atom. The van der Waals surface area contributed by atoms with E-state index in [1.54, 1.807) is 4.90 Å². The van der Waals surface area contributed by atoms with Gasteiger partial charge in [-0.3, -0.25) is 4.79 Å². The second kappa shape index (κ2) is 9.03. The van der Waals surface area contributed by atoms with E-state index in [0.29, 0.717) is 38.7 Å². The van der Waals surface area contributed by atoms with Crippen molar-refractivity contribution in [3.8, 4) is 0 Å². The molecule has 2 fully saturated rings. The van der Waals surface area contributed by atoms with Gasteiger partial charge in [0.1, 0.15) is 0 Å². The van der Waals surface area contributed by atoms with Crippen molar-refractivity contribution in [2.75, 3.05) is 39.4 Å². The summed E-state index contributed by atoms with van der Waals surface area (Å²) in [5.74, 6) is -0.736. The van der Waals surface area contributed by atoms with Crippen molar-refractivity contribution < 1.29 is 24.2 Å². The number of nitrogens with zero attached hydrogens (tertiary/aromatic N) is 2. The Balaban J connectivity index is 1.87. The van der Waals surface area contributed by atoms with Crippen LogP contribution < -0.4 is 5.32 Å². The first-order valence-electron chi connectivity index (χ1n) is 9.01. The Hall–Kier alpha value is -1.83. The highest BCUT2D eigenvalue weighted by Gasteiger charge is 2.34. The molecule has 0 aromatic heterocycles. The van der Waals surface area contributed by atoms with Gasteiger partial charge in [0.2, 0.25) is 5.91 Å². The zero-order valence-electron chi connectivity index (χ0n) is 15.1. The van der Waals surface area contributed by atoms with Gasteiger partial charge in [-0.2, -0.15) is 0 Å². The van der Waals surface area contributed by atoms with E-state index in [2.05, 4.69) is 5.32 Å². The smallest absolute Gasteiger partial charge is 0.328 e. The minimum Gasteiger partial charge on any atom is -0.480 e. The fraction of sp³-hybridized carbons (Fsp3) is 0.824. The van der Waals surface area contributed by atoms with Crippen LogP contribution in [0, 0.1) is 11.8 Å². The monoisotopic (exact) mass is 355 g/mol. The van der Waals surface area contributed by atoms with E-state index in [4.69, 9.17) is 4.74 Å². The third-order valence-corrected chi connectivity index (χ3v) is 4.66. The van der Waals surface area contributed by atoms with E-state index in [1.807, 2.05) is 13.8 Å². The summed E-state index contributed by atoms with van der Waals surface area (Å²) in [5, 5.41) is 12.2. The molecule has 2 unspecified atom stereocenters. The maximum atomic E-state index is 12.6. The average molecular weight is 355 g/mol. The van der Waals surface area contributed by atoms with Crippen molar-refractivity contribution in [2.45, 2.75) is 39.2 Å². The zero-order valence-corrected chi connectivity index (χ0v) is 15.1. The lowest BCUT2D eigenvalue weighted by atomic mass is 9.94. The van der Waals surface area contributed by atoms with E-state index in [-0.39, 0.29) is 30.9 Å². The highest BCUT2D eigenvalue weighted by atomic mass is 16.5. The molecular formula is C17H29N3O5. The van der Waals surface area contributed by atoms with Crippen LogP contribution in [0.2, 0.25) is 0 Å². The van der Waals surface area contributed by atoms with Crippen LogP contribution in [0.15, 0.2) is 0 Å². The van der Waals surface area contributed by atoms with Gasteiger partial charge >= 0.3 is 12.0 Å². The topological polar surface area (TPSA) is 99.2 Å². The molecule has 0 saturated carbocycles. The van der Waals surface area contributed by atoms with Crippen LogP contribution >= 0.6 is 0 Å². The second-order valence-electron chi connectivity index (χ2n) is 7.25. The van der Waals surface area contributed by atoms with Gasteiger partial charge in [0.05, 0.1) is 13.2 Å². The number of ether oxygens (including phenoxy) is 1. The fourth-order valence-corrected chi connectivity index (χ4v) is 3.29. The summed E-state index contributed by atoms with van der Waals surface area (Å²) >= 11 is 0. The molecule has 2 atom stereocenters. The zero-order chi connectivity index (χ0) is 18.4. The van der Waals surface area contributed by atoms with Gasteiger partial charge in [0.15, 0.2) is 6.04 Å². The summed E-state index contributed by atoms with van der Waals surface area (Å²) in [4.78, 5) is 39.2. The number of hydrogen-bond acceptors (Lipinski definition) is 4. The maximum absolute atomic E-state index is 12.6. The van der Waals surface area contributed by atoms with Crippen molar-refractivity contribution >= 4 is 17.9 Å². The Kier molecular flexibility index (Phi) is 7.04. The molecule has 3 amide bonds. The summed E-state index contributed by atoms with van der Waals surface area (Å²) in [6, 6.07) is -0.990. The molecule has 0 spiro atoms. The number of amides is 3. The van der Waals surface area contributed by atoms with Crippen molar-refractivity contribution in [1.82, 2.24) is 15.1 Å². The number of urea groups is 1. The first-order valence-corrected chi connectivity index (χ1v) is 9.01. The molecule has 0 bridgehead atoms. The third-order valence-electron chi connectivity index (χ3n) is 4.66. The minimum absolute atomic E-state index is 0.0372. The second-order valence-corrected chi connectivity index (χ2v) is 7.25. The van der Waals surface area contributed by atoms with Gasteiger partial charge in [0.25, 0.3) is 0 Å². The number of hydrogen-bond donors (Lipinski definition) is 2. The van der Waals surface area contributed by atoms with Crippen LogP contribution in [0.3, 0.4) is 0 Å². The highest BCUT2D eigenvalue weighted by molar-refractivity contribution is 5.84. The molecule has 8 nitrogen and oxygen atoms in total. The average Bonchev–Trinajstić information content (AvgIpc) is 2.59. The summed E-state index contributed by atoms with van der Waals surface area (Å²) in [6.07, 6.45) is 2.01. The lowest BCUT2D eigenvalue weighted by Crippen LogP contribution is -2.53. The van der Waals surface area contributed by atoms with Crippen LogP contribution in [-0.4, -0.2) is 78.2 Å². The van der Waals surface area contributed by atoms with Gasteiger partial charge in [-0.25, -0.2) is 9.59 Å². The van der Waals surface area contributed by atoms with E-state index >= 15 is 0 Å². The number of carbonyl (C=O) groups excluding carboxylic acids is 2. The van der Waals surface area contributed by atoms with Gasteiger partial charge < -0.3 is 25.0 Å². The molecular weight excluding hydrogens is 326 g/mol. The number of aliphatic carboxylic acids is 1. The predicted molar refractivity (Wildman–Crippen MR) is 91.1 cm³/mol.